The van der Waals surface area contributed by atoms with Crippen LogP contribution in [0.15, 0.2) is 57.6 Å². The van der Waals surface area contributed by atoms with Crippen molar-refractivity contribution in [2.45, 2.75) is 31.2 Å². The molecule has 0 aliphatic rings. The van der Waals surface area contributed by atoms with Gasteiger partial charge in [-0.3, -0.25) is 9.36 Å². The smallest absolute Gasteiger partial charge is 0.270 e. The Labute approximate surface area is 182 Å². The quantitative estimate of drug-likeness (QED) is 0.400. The van der Waals surface area contributed by atoms with Crippen molar-refractivity contribution in [1.29, 1.82) is 0 Å². The zero-order valence-corrected chi connectivity index (χ0v) is 18.3. The van der Waals surface area contributed by atoms with Crippen molar-refractivity contribution in [3.63, 3.8) is 0 Å². The summed E-state index contributed by atoms with van der Waals surface area (Å²) >= 11 is 2.99. The van der Waals surface area contributed by atoms with E-state index in [1.165, 1.54) is 28.7 Å². The fraction of sp³-hybridized carbons (Fsp3) is 0.238. The number of nitrogens with zero attached hydrogens (tertiary/aromatic N) is 4. The first kappa shape index (κ1) is 20.4. The Morgan fingerprint density at radius 2 is 2.07 bits per heavy atom. The Hall–Kier alpha value is -2.91. The van der Waals surface area contributed by atoms with Gasteiger partial charge in [-0.2, -0.15) is 0 Å². The lowest BCUT2D eigenvalue weighted by atomic mass is 10.2. The van der Waals surface area contributed by atoms with Gasteiger partial charge in [-0.1, -0.05) is 36.4 Å². The van der Waals surface area contributed by atoms with Gasteiger partial charge in [-0.05, 0) is 37.6 Å². The SMILES string of the molecule is CCCNC(=O)c1csc(CSc2nnc(-c3ccco3)n2-c2ccc(C)cc2)n1. The number of carbonyl (C=O) groups is 1. The number of carbonyl (C=O) groups excluding carboxylic acids is 1. The van der Waals surface area contributed by atoms with Crippen molar-refractivity contribution in [2.75, 3.05) is 6.54 Å². The molecule has 4 rings (SSSR count). The number of rotatable bonds is 8. The van der Waals surface area contributed by atoms with Crippen molar-refractivity contribution < 1.29 is 9.21 Å². The lowest BCUT2D eigenvalue weighted by Gasteiger charge is -2.09. The van der Waals surface area contributed by atoms with Crippen LogP contribution in [0.25, 0.3) is 17.3 Å². The summed E-state index contributed by atoms with van der Waals surface area (Å²) in [6.07, 6.45) is 2.52. The Kier molecular flexibility index (Phi) is 6.29. The van der Waals surface area contributed by atoms with E-state index in [1.54, 1.807) is 11.6 Å². The molecule has 0 fully saturated rings. The minimum Gasteiger partial charge on any atom is -0.461 e. The van der Waals surface area contributed by atoms with E-state index in [4.69, 9.17) is 4.42 Å². The van der Waals surface area contributed by atoms with Crippen LogP contribution in [-0.2, 0) is 5.75 Å². The highest BCUT2D eigenvalue weighted by Crippen LogP contribution is 2.30. The molecule has 0 aliphatic heterocycles. The third-order valence-corrected chi connectivity index (χ3v) is 6.28. The van der Waals surface area contributed by atoms with Gasteiger partial charge in [0.1, 0.15) is 10.7 Å². The molecule has 1 aromatic carbocycles. The second kappa shape index (κ2) is 9.27. The van der Waals surface area contributed by atoms with Gasteiger partial charge in [0, 0.05) is 17.6 Å². The Bertz CT molecular complexity index is 1120. The highest BCUT2D eigenvalue weighted by molar-refractivity contribution is 7.98. The van der Waals surface area contributed by atoms with Gasteiger partial charge < -0.3 is 9.73 Å². The third-order valence-electron chi connectivity index (χ3n) is 4.31. The van der Waals surface area contributed by atoms with Gasteiger partial charge in [0.05, 0.1) is 12.0 Å². The molecule has 30 heavy (non-hydrogen) atoms. The number of thioether (sulfide) groups is 1. The summed E-state index contributed by atoms with van der Waals surface area (Å²) in [4.78, 5) is 16.5. The first-order chi connectivity index (χ1) is 14.7. The highest BCUT2D eigenvalue weighted by atomic mass is 32.2. The van der Waals surface area contributed by atoms with Gasteiger partial charge in [-0.15, -0.1) is 21.5 Å². The second-order valence-corrected chi connectivity index (χ2v) is 8.51. The molecule has 0 saturated heterocycles. The van der Waals surface area contributed by atoms with Crippen LogP contribution in [-0.4, -0.2) is 32.2 Å². The fourth-order valence-corrected chi connectivity index (χ4v) is 4.54. The van der Waals surface area contributed by atoms with E-state index in [1.807, 2.05) is 35.8 Å². The van der Waals surface area contributed by atoms with Crippen LogP contribution in [0.5, 0.6) is 0 Å². The van der Waals surface area contributed by atoms with Crippen LogP contribution >= 0.6 is 23.1 Å². The molecule has 7 nitrogen and oxygen atoms in total. The van der Waals surface area contributed by atoms with Crippen LogP contribution in [0.4, 0.5) is 0 Å². The van der Waals surface area contributed by atoms with Gasteiger partial charge in [0.2, 0.25) is 5.82 Å². The molecule has 0 saturated carbocycles. The zero-order valence-electron chi connectivity index (χ0n) is 16.7. The predicted octanol–water partition coefficient (Wildman–Crippen LogP) is 4.72. The number of benzene rings is 1. The van der Waals surface area contributed by atoms with Crippen LogP contribution in [0.1, 0.15) is 34.4 Å². The van der Waals surface area contributed by atoms with E-state index < -0.39 is 0 Å². The summed E-state index contributed by atoms with van der Waals surface area (Å²) in [6, 6.07) is 11.9. The van der Waals surface area contributed by atoms with E-state index in [0.29, 0.717) is 29.6 Å². The third kappa shape index (κ3) is 4.47. The number of amides is 1. The summed E-state index contributed by atoms with van der Waals surface area (Å²) in [5.74, 6) is 1.75. The summed E-state index contributed by atoms with van der Waals surface area (Å²) in [5.41, 5.74) is 2.59. The number of aryl methyl sites for hydroxylation is 1. The van der Waals surface area contributed by atoms with Crippen molar-refractivity contribution in [3.05, 3.63) is 64.3 Å². The van der Waals surface area contributed by atoms with Gasteiger partial charge >= 0.3 is 0 Å². The first-order valence-electron chi connectivity index (χ1n) is 9.57. The summed E-state index contributed by atoms with van der Waals surface area (Å²) in [6.45, 7) is 4.72. The number of furan rings is 1. The van der Waals surface area contributed by atoms with Crippen LogP contribution in [0.3, 0.4) is 0 Å². The second-order valence-electron chi connectivity index (χ2n) is 6.63. The lowest BCUT2D eigenvalue weighted by Crippen LogP contribution is -2.24. The minimum absolute atomic E-state index is 0.132. The molecule has 0 bridgehead atoms. The van der Waals surface area contributed by atoms with E-state index in [0.717, 1.165) is 22.3 Å². The summed E-state index contributed by atoms with van der Waals surface area (Å²) in [7, 11) is 0. The molecule has 0 spiro atoms. The van der Waals surface area contributed by atoms with Crippen molar-refractivity contribution >= 4 is 29.0 Å². The maximum atomic E-state index is 12.1. The molecule has 0 aliphatic carbocycles. The monoisotopic (exact) mass is 439 g/mol. The first-order valence-corrected chi connectivity index (χ1v) is 11.4. The van der Waals surface area contributed by atoms with Crippen molar-refractivity contribution in [1.82, 2.24) is 25.1 Å². The Balaban J connectivity index is 1.57. The van der Waals surface area contributed by atoms with Gasteiger partial charge in [-0.25, -0.2) is 4.98 Å². The fourth-order valence-electron chi connectivity index (χ4n) is 2.79. The normalized spacial score (nSPS) is 11.0. The summed E-state index contributed by atoms with van der Waals surface area (Å²) in [5, 5.41) is 15.0. The largest absolute Gasteiger partial charge is 0.461 e. The molecule has 0 atom stereocenters. The molecule has 3 heterocycles. The molecule has 0 unspecified atom stereocenters. The van der Waals surface area contributed by atoms with Crippen molar-refractivity contribution in [2.24, 2.45) is 0 Å². The van der Waals surface area contributed by atoms with Crippen LogP contribution in [0, 0.1) is 6.92 Å². The number of nitrogens with one attached hydrogen (secondary N) is 1. The molecule has 154 valence electrons. The number of hydrogen-bond donors (Lipinski definition) is 1. The maximum Gasteiger partial charge on any atom is 0.270 e. The number of thiazole rings is 1. The van der Waals surface area contributed by atoms with E-state index >= 15 is 0 Å². The van der Waals surface area contributed by atoms with Crippen LogP contribution in [0.2, 0.25) is 0 Å². The highest BCUT2D eigenvalue weighted by Gasteiger charge is 2.19. The van der Waals surface area contributed by atoms with E-state index in [2.05, 4.69) is 39.6 Å². The minimum atomic E-state index is -0.132. The molecule has 1 amide bonds. The molecule has 9 heteroatoms. The average molecular weight is 440 g/mol. The zero-order chi connectivity index (χ0) is 20.9. The Morgan fingerprint density at radius 3 is 2.80 bits per heavy atom. The molecule has 4 aromatic rings. The van der Waals surface area contributed by atoms with E-state index in [-0.39, 0.29) is 5.91 Å². The number of hydrogen-bond acceptors (Lipinski definition) is 7. The van der Waals surface area contributed by atoms with E-state index in [9.17, 15) is 4.79 Å². The maximum absolute atomic E-state index is 12.1. The number of aromatic nitrogens is 4. The Morgan fingerprint density at radius 1 is 1.23 bits per heavy atom. The molecular weight excluding hydrogens is 418 g/mol. The molecule has 0 radical (unpaired) electrons. The molecular formula is C21H21N5O2S2. The van der Waals surface area contributed by atoms with Gasteiger partial charge in [0.15, 0.2) is 10.9 Å². The predicted molar refractivity (Wildman–Crippen MR) is 118 cm³/mol. The molecule has 1 N–H and O–H groups in total. The topological polar surface area (TPSA) is 85.8 Å². The average Bonchev–Trinajstić information content (AvgIpc) is 3.51. The van der Waals surface area contributed by atoms with Crippen molar-refractivity contribution in [3.8, 4) is 17.3 Å². The molecule has 3 aromatic heterocycles. The van der Waals surface area contributed by atoms with Crippen LogP contribution < -0.4 is 5.32 Å². The summed E-state index contributed by atoms with van der Waals surface area (Å²) < 4.78 is 7.53. The van der Waals surface area contributed by atoms with Gasteiger partial charge in [0.25, 0.3) is 5.91 Å². The lowest BCUT2D eigenvalue weighted by molar-refractivity contribution is 0.0949. The standard InChI is InChI=1S/C21H21N5O2S2/c1-3-10-22-20(27)16-12-29-18(23-16)13-30-21-25-24-19(17-5-4-11-28-17)26(21)15-8-6-14(2)7-9-15/h4-9,11-12H,3,10,13H2,1-2H3,(H,22,27).